The van der Waals surface area contributed by atoms with Crippen LogP contribution in [0.15, 0.2) is 18.2 Å². The smallest absolute Gasteiger partial charge is 0.390 e. The zero-order chi connectivity index (χ0) is 16.4. The van der Waals surface area contributed by atoms with Gasteiger partial charge in [-0.15, -0.1) is 0 Å². The average Bonchev–Trinajstić information content (AvgIpc) is 2.35. The Morgan fingerprint density at radius 2 is 1.95 bits per heavy atom. The van der Waals surface area contributed by atoms with E-state index in [1.54, 1.807) is 0 Å². The first-order chi connectivity index (χ1) is 9.54. The highest BCUT2D eigenvalue weighted by atomic mass is 19.4. The Labute approximate surface area is 115 Å². The van der Waals surface area contributed by atoms with Gasteiger partial charge in [-0.3, -0.25) is 14.9 Å². The number of carbonyl (C=O) groups is 1. The third-order valence-corrected chi connectivity index (χ3v) is 2.64. The van der Waals surface area contributed by atoms with Gasteiger partial charge < -0.3 is 15.9 Å². The lowest BCUT2D eigenvalue weighted by Gasteiger charge is -2.20. The molecule has 0 aromatic heterocycles. The molecule has 4 N–H and O–H groups in total. The summed E-state index contributed by atoms with van der Waals surface area (Å²) in [5.74, 6) is -1.04. The van der Waals surface area contributed by atoms with Crippen LogP contribution in [0.1, 0.15) is 23.7 Å². The van der Waals surface area contributed by atoms with E-state index in [-0.39, 0.29) is 0 Å². The van der Waals surface area contributed by atoms with E-state index < -0.39 is 52.4 Å². The summed E-state index contributed by atoms with van der Waals surface area (Å²) < 4.78 is 38.4. The van der Waals surface area contributed by atoms with Crippen molar-refractivity contribution in [3.05, 3.63) is 39.4 Å². The number of hydrogen-bond donors (Lipinski definition) is 3. The van der Waals surface area contributed by atoms with Crippen molar-refractivity contribution in [2.24, 2.45) is 5.73 Å². The molecule has 0 aliphatic heterocycles. The fraction of sp³-hybridized carbons (Fsp3) is 0.364. The van der Waals surface area contributed by atoms with E-state index in [1.165, 1.54) is 0 Å². The molecule has 0 spiro atoms. The number of nitrogens with two attached hydrogens (primary N) is 1. The number of hydrogen-bond acceptors (Lipinski definition) is 5. The van der Waals surface area contributed by atoms with Gasteiger partial charge in [-0.25, -0.2) is 0 Å². The number of aliphatic hydroxyl groups excluding tert-OH is 2. The molecule has 10 heteroatoms. The SMILES string of the molecule is NC(=O)CC(O)C(O)c1cc([N+](=O)[O-])ccc1C(F)(F)F. The normalized spacial score (nSPS) is 14.5. The van der Waals surface area contributed by atoms with Crippen LogP contribution >= 0.6 is 0 Å². The third-order valence-electron chi connectivity index (χ3n) is 2.64. The highest BCUT2D eigenvalue weighted by molar-refractivity contribution is 5.74. The number of carbonyl (C=O) groups excluding carboxylic acids is 1. The average molecular weight is 308 g/mol. The number of nitrogens with zero attached hydrogens (tertiary/aromatic N) is 1. The minimum atomic E-state index is -4.89. The standard InChI is InChI=1S/C11H11F3N2O5/c12-11(13,14)7-2-1-5(16(20)21)3-6(7)10(19)8(17)4-9(15)18/h1-3,8,10,17,19H,4H2,(H2,15,18). The Morgan fingerprint density at radius 1 is 1.38 bits per heavy atom. The number of halogens is 3. The maximum atomic E-state index is 12.8. The van der Waals surface area contributed by atoms with Crippen molar-refractivity contribution in [2.45, 2.75) is 24.8 Å². The number of nitro groups is 1. The van der Waals surface area contributed by atoms with Crippen LogP contribution < -0.4 is 5.73 Å². The molecule has 1 aromatic rings. The second-order valence-corrected chi connectivity index (χ2v) is 4.21. The number of aliphatic hydroxyl groups is 2. The van der Waals surface area contributed by atoms with Crippen molar-refractivity contribution in [1.82, 2.24) is 0 Å². The van der Waals surface area contributed by atoms with Crippen molar-refractivity contribution in [3.63, 3.8) is 0 Å². The van der Waals surface area contributed by atoms with Crippen LogP contribution in [0.5, 0.6) is 0 Å². The van der Waals surface area contributed by atoms with Gasteiger partial charge in [0.2, 0.25) is 5.91 Å². The van der Waals surface area contributed by atoms with Crippen LogP contribution in [-0.4, -0.2) is 27.1 Å². The Morgan fingerprint density at radius 3 is 2.38 bits per heavy atom. The van der Waals surface area contributed by atoms with Gasteiger partial charge in [0.1, 0.15) is 6.10 Å². The predicted molar refractivity (Wildman–Crippen MR) is 62.9 cm³/mol. The topological polar surface area (TPSA) is 127 Å². The summed E-state index contributed by atoms with van der Waals surface area (Å²) in [4.78, 5) is 20.3. The Balaban J connectivity index is 3.32. The van der Waals surface area contributed by atoms with Crippen molar-refractivity contribution in [2.75, 3.05) is 0 Å². The summed E-state index contributed by atoms with van der Waals surface area (Å²) in [5.41, 5.74) is 1.84. The monoisotopic (exact) mass is 308 g/mol. The highest BCUT2D eigenvalue weighted by Gasteiger charge is 2.37. The maximum Gasteiger partial charge on any atom is 0.416 e. The van der Waals surface area contributed by atoms with Gasteiger partial charge in [-0.05, 0) is 6.07 Å². The van der Waals surface area contributed by atoms with E-state index >= 15 is 0 Å². The van der Waals surface area contributed by atoms with Crippen molar-refractivity contribution in [1.29, 1.82) is 0 Å². The summed E-state index contributed by atoms with van der Waals surface area (Å²) in [5, 5.41) is 29.8. The van der Waals surface area contributed by atoms with Crippen molar-refractivity contribution >= 4 is 11.6 Å². The van der Waals surface area contributed by atoms with Crippen LogP contribution in [0.2, 0.25) is 0 Å². The summed E-state index contributed by atoms with van der Waals surface area (Å²) in [6, 6.07) is 1.55. The van der Waals surface area contributed by atoms with Gasteiger partial charge >= 0.3 is 6.18 Å². The van der Waals surface area contributed by atoms with Crippen LogP contribution in [0.25, 0.3) is 0 Å². The summed E-state index contributed by atoms with van der Waals surface area (Å²) in [6.07, 6.45) is -9.74. The quantitative estimate of drug-likeness (QED) is 0.550. The van der Waals surface area contributed by atoms with Gasteiger partial charge in [0.15, 0.2) is 0 Å². The molecule has 1 aromatic carbocycles. The first kappa shape index (κ1) is 16.9. The first-order valence-corrected chi connectivity index (χ1v) is 5.54. The zero-order valence-electron chi connectivity index (χ0n) is 10.4. The van der Waals surface area contributed by atoms with E-state index in [1.807, 2.05) is 0 Å². The molecule has 0 saturated heterocycles. The lowest BCUT2D eigenvalue weighted by molar-refractivity contribution is -0.385. The van der Waals surface area contributed by atoms with E-state index in [0.29, 0.717) is 18.2 Å². The van der Waals surface area contributed by atoms with Crippen LogP contribution in [0.3, 0.4) is 0 Å². The van der Waals surface area contributed by atoms with Gasteiger partial charge in [-0.1, -0.05) is 0 Å². The molecular formula is C11H11F3N2O5. The largest absolute Gasteiger partial charge is 0.416 e. The second-order valence-electron chi connectivity index (χ2n) is 4.21. The summed E-state index contributed by atoms with van der Waals surface area (Å²) in [7, 11) is 0. The second kappa shape index (κ2) is 6.06. The zero-order valence-corrected chi connectivity index (χ0v) is 10.4. The maximum absolute atomic E-state index is 12.8. The Bertz CT molecular complexity index is 561. The molecular weight excluding hydrogens is 297 g/mol. The Hall–Kier alpha value is -2.20. The van der Waals surface area contributed by atoms with E-state index in [9.17, 15) is 38.3 Å². The van der Waals surface area contributed by atoms with Crippen molar-refractivity contribution < 1.29 is 33.1 Å². The molecule has 21 heavy (non-hydrogen) atoms. The molecule has 0 radical (unpaired) electrons. The van der Waals surface area contributed by atoms with E-state index in [0.717, 1.165) is 0 Å². The molecule has 1 amide bonds. The molecule has 0 heterocycles. The predicted octanol–water partition coefficient (Wildman–Crippen LogP) is 0.883. The summed E-state index contributed by atoms with van der Waals surface area (Å²) >= 11 is 0. The molecule has 2 unspecified atom stereocenters. The number of rotatable bonds is 5. The number of alkyl halides is 3. The van der Waals surface area contributed by atoms with Gasteiger partial charge in [0.25, 0.3) is 5.69 Å². The van der Waals surface area contributed by atoms with Gasteiger partial charge in [0.05, 0.1) is 23.0 Å². The van der Waals surface area contributed by atoms with Crippen LogP contribution in [0, 0.1) is 10.1 Å². The molecule has 0 aliphatic rings. The molecule has 2 atom stereocenters. The van der Waals surface area contributed by atoms with Gasteiger partial charge in [0, 0.05) is 17.7 Å². The number of amides is 1. The highest BCUT2D eigenvalue weighted by Crippen LogP contribution is 2.37. The lowest BCUT2D eigenvalue weighted by atomic mass is 9.96. The minimum absolute atomic E-state index is 0.424. The van der Waals surface area contributed by atoms with Crippen LogP contribution in [0.4, 0.5) is 18.9 Å². The molecule has 0 bridgehead atoms. The summed E-state index contributed by atoms with van der Waals surface area (Å²) in [6.45, 7) is 0. The molecule has 116 valence electrons. The molecule has 0 aliphatic carbocycles. The van der Waals surface area contributed by atoms with E-state index in [2.05, 4.69) is 0 Å². The van der Waals surface area contributed by atoms with E-state index in [4.69, 9.17) is 5.73 Å². The minimum Gasteiger partial charge on any atom is -0.390 e. The molecule has 7 nitrogen and oxygen atoms in total. The number of primary amides is 1. The lowest BCUT2D eigenvalue weighted by Crippen LogP contribution is -2.27. The van der Waals surface area contributed by atoms with Gasteiger partial charge in [-0.2, -0.15) is 13.2 Å². The fourth-order valence-corrected chi connectivity index (χ4v) is 1.69. The molecule has 0 saturated carbocycles. The number of non-ortho nitro benzene ring substituents is 1. The molecule has 0 fully saturated rings. The Kier molecular flexibility index (Phi) is 4.86. The van der Waals surface area contributed by atoms with Crippen LogP contribution in [-0.2, 0) is 11.0 Å². The molecule has 1 rings (SSSR count). The third kappa shape index (κ3) is 4.13. The fourth-order valence-electron chi connectivity index (χ4n) is 1.69. The number of benzene rings is 1. The first-order valence-electron chi connectivity index (χ1n) is 5.54. The van der Waals surface area contributed by atoms with Crippen molar-refractivity contribution in [3.8, 4) is 0 Å². The number of nitro benzene ring substituents is 1.